The van der Waals surface area contributed by atoms with Crippen molar-refractivity contribution in [1.82, 2.24) is 19.5 Å². The minimum Gasteiger partial charge on any atom is -0.309 e. The van der Waals surface area contributed by atoms with E-state index in [-0.39, 0.29) is 46.0 Å². The molecule has 3 heterocycles. The summed E-state index contributed by atoms with van der Waals surface area (Å²) in [5.74, 6) is 1.38. The zero-order valence-corrected chi connectivity index (χ0v) is 27.1. The summed E-state index contributed by atoms with van der Waals surface area (Å²) < 4.78 is 72.8. The van der Waals surface area contributed by atoms with Crippen molar-refractivity contribution in [3.63, 3.8) is 0 Å². The van der Waals surface area contributed by atoms with Crippen LogP contribution in [0.15, 0.2) is 170 Å². The van der Waals surface area contributed by atoms with Crippen LogP contribution in [-0.2, 0) is 0 Å². The van der Waals surface area contributed by atoms with Crippen LogP contribution in [0.4, 0.5) is 0 Å². The molecule has 0 saturated heterocycles. The third kappa shape index (κ3) is 4.63. The first-order valence-electron chi connectivity index (χ1n) is 20.1. The fraction of sp³-hybridized carbons (Fsp3) is 0. The Kier molecular flexibility index (Phi) is 5.00. The summed E-state index contributed by atoms with van der Waals surface area (Å²) in [7, 11) is 0. The number of hydrogen-bond donors (Lipinski definition) is 0. The van der Waals surface area contributed by atoms with Crippen molar-refractivity contribution >= 4 is 53.3 Å². The molecule has 10 rings (SSSR count). The van der Waals surface area contributed by atoms with Crippen LogP contribution in [0.25, 0.3) is 93.0 Å². The molecular formula is C45H28N4S. The van der Waals surface area contributed by atoms with Crippen molar-refractivity contribution in [2.24, 2.45) is 0 Å². The molecular weight excluding hydrogens is 629 g/mol. The van der Waals surface area contributed by atoms with Gasteiger partial charge in [-0.3, -0.25) is 0 Å². The summed E-state index contributed by atoms with van der Waals surface area (Å²) in [5, 5.41) is 2.31. The van der Waals surface area contributed by atoms with Crippen LogP contribution in [0, 0.1) is 0 Å². The second-order valence-corrected chi connectivity index (χ2v) is 12.9. The Morgan fingerprint density at radius 3 is 1.78 bits per heavy atom. The summed E-state index contributed by atoms with van der Waals surface area (Å²) in [6.45, 7) is 0. The predicted octanol–water partition coefficient (Wildman–Crippen LogP) is 12.0. The second kappa shape index (κ2) is 11.6. The molecule has 0 fully saturated rings. The van der Waals surface area contributed by atoms with E-state index in [0.717, 1.165) is 42.4 Å². The Morgan fingerprint density at radius 2 is 1.02 bits per heavy atom. The lowest BCUT2D eigenvalue weighted by molar-refractivity contribution is 1.08. The third-order valence-corrected chi connectivity index (χ3v) is 10.2. The number of hydrogen-bond acceptors (Lipinski definition) is 4. The molecule has 7 aromatic carbocycles. The maximum Gasteiger partial charge on any atom is 0.165 e. The molecule has 0 aliphatic heterocycles. The van der Waals surface area contributed by atoms with E-state index in [9.17, 15) is 0 Å². The van der Waals surface area contributed by atoms with Crippen molar-refractivity contribution < 1.29 is 11.0 Å². The summed E-state index contributed by atoms with van der Waals surface area (Å²) in [6.07, 6.45) is 0. The highest BCUT2D eigenvalue weighted by atomic mass is 32.1. The monoisotopic (exact) mass is 664 g/mol. The maximum atomic E-state index is 8.90. The van der Waals surface area contributed by atoms with Crippen molar-refractivity contribution in [2.75, 3.05) is 0 Å². The van der Waals surface area contributed by atoms with E-state index in [0.29, 0.717) is 28.7 Å². The lowest BCUT2D eigenvalue weighted by Gasteiger charge is -2.13. The SMILES string of the molecule is [2H]c1c([2H])c([2H])c2c(c1[2H])c1c([2H])c([2H])c([2H])c([2H])c1n2-c1ccc(-c2nc(-c3ccccc3-c3ccccc3)nc(-c3cccc4c3sc3ccccc34)n2)cc1. The predicted molar refractivity (Wildman–Crippen MR) is 209 cm³/mol. The van der Waals surface area contributed by atoms with E-state index in [1.807, 2.05) is 78.9 Å². The first kappa shape index (κ1) is 21.5. The summed E-state index contributed by atoms with van der Waals surface area (Å²) in [4.78, 5) is 15.3. The molecule has 50 heavy (non-hydrogen) atoms. The van der Waals surface area contributed by atoms with Crippen LogP contribution >= 0.6 is 11.3 Å². The van der Waals surface area contributed by atoms with Crippen molar-refractivity contribution in [1.29, 1.82) is 0 Å². The van der Waals surface area contributed by atoms with Crippen molar-refractivity contribution in [3.8, 4) is 51.0 Å². The highest BCUT2D eigenvalue weighted by molar-refractivity contribution is 7.26. The van der Waals surface area contributed by atoms with E-state index in [1.54, 1.807) is 35.6 Å². The van der Waals surface area contributed by atoms with Crippen molar-refractivity contribution in [3.05, 3.63) is 170 Å². The molecule has 0 atom stereocenters. The molecule has 0 unspecified atom stereocenters. The quantitative estimate of drug-likeness (QED) is 0.184. The molecule has 0 aliphatic carbocycles. The van der Waals surface area contributed by atoms with Crippen LogP contribution in [0.2, 0.25) is 0 Å². The minimum absolute atomic E-state index is 0.0244. The second-order valence-electron chi connectivity index (χ2n) is 11.8. The number of nitrogens with zero attached hydrogens (tertiary/aromatic N) is 4. The molecule has 4 nitrogen and oxygen atoms in total. The van der Waals surface area contributed by atoms with Gasteiger partial charge in [-0.15, -0.1) is 11.3 Å². The summed E-state index contributed by atoms with van der Waals surface area (Å²) in [6, 6.07) is 36.2. The Labute approximate surface area is 303 Å². The Bertz CT molecular complexity index is 3250. The van der Waals surface area contributed by atoms with Gasteiger partial charge in [0, 0.05) is 53.3 Å². The molecule has 0 amide bonds. The van der Waals surface area contributed by atoms with Crippen LogP contribution < -0.4 is 0 Å². The van der Waals surface area contributed by atoms with Gasteiger partial charge in [-0.1, -0.05) is 121 Å². The van der Waals surface area contributed by atoms with E-state index in [4.69, 9.17) is 25.9 Å². The fourth-order valence-corrected chi connectivity index (χ4v) is 7.87. The molecule has 0 aliphatic rings. The first-order valence-corrected chi connectivity index (χ1v) is 16.9. The van der Waals surface area contributed by atoms with Crippen LogP contribution in [-0.4, -0.2) is 19.5 Å². The zero-order valence-electron chi connectivity index (χ0n) is 34.2. The molecule has 3 aromatic heterocycles. The topological polar surface area (TPSA) is 43.6 Å². The van der Waals surface area contributed by atoms with Gasteiger partial charge in [0.05, 0.1) is 22.0 Å². The molecule has 0 bridgehead atoms. The number of thiophene rings is 1. The van der Waals surface area contributed by atoms with Crippen molar-refractivity contribution in [2.45, 2.75) is 0 Å². The number of para-hydroxylation sites is 2. The normalized spacial score (nSPS) is 13.8. The van der Waals surface area contributed by atoms with Crippen LogP contribution in [0.1, 0.15) is 11.0 Å². The third-order valence-electron chi connectivity index (χ3n) is 8.95. The average Bonchev–Trinajstić information content (AvgIpc) is 3.84. The van der Waals surface area contributed by atoms with Crippen LogP contribution in [0.3, 0.4) is 0 Å². The smallest absolute Gasteiger partial charge is 0.165 e. The van der Waals surface area contributed by atoms with E-state index >= 15 is 0 Å². The van der Waals surface area contributed by atoms with Gasteiger partial charge < -0.3 is 4.57 Å². The molecule has 10 aromatic rings. The zero-order chi connectivity index (χ0) is 40.0. The van der Waals surface area contributed by atoms with Gasteiger partial charge in [-0.25, -0.2) is 15.0 Å². The molecule has 0 saturated carbocycles. The molecule has 234 valence electrons. The Balaban J connectivity index is 1.21. The number of rotatable bonds is 5. The van der Waals surface area contributed by atoms with E-state index < -0.39 is 24.2 Å². The lowest BCUT2D eigenvalue weighted by atomic mass is 9.99. The fourth-order valence-electron chi connectivity index (χ4n) is 6.66. The van der Waals surface area contributed by atoms with Gasteiger partial charge in [0.15, 0.2) is 17.5 Å². The molecule has 5 heteroatoms. The molecule has 0 radical (unpaired) electrons. The maximum absolute atomic E-state index is 8.90. The highest BCUT2D eigenvalue weighted by Crippen LogP contribution is 2.40. The van der Waals surface area contributed by atoms with Gasteiger partial charge in [0.2, 0.25) is 0 Å². The van der Waals surface area contributed by atoms with Gasteiger partial charge in [-0.2, -0.15) is 0 Å². The summed E-state index contributed by atoms with van der Waals surface area (Å²) in [5.41, 5.74) is 4.84. The largest absolute Gasteiger partial charge is 0.309 e. The van der Waals surface area contributed by atoms with Gasteiger partial charge in [0.25, 0.3) is 0 Å². The number of fused-ring (bicyclic) bond motifs is 6. The van der Waals surface area contributed by atoms with Gasteiger partial charge in [-0.05, 0) is 59.6 Å². The highest BCUT2D eigenvalue weighted by Gasteiger charge is 2.19. The van der Waals surface area contributed by atoms with E-state index in [1.165, 1.54) is 4.57 Å². The van der Waals surface area contributed by atoms with Gasteiger partial charge >= 0.3 is 0 Å². The minimum atomic E-state index is -0.485. The Hall–Kier alpha value is -6.43. The lowest BCUT2D eigenvalue weighted by Crippen LogP contribution is -2.01. The standard InChI is InChI=1S/C45H28N4S/c1-2-13-29(14-3-1)32-15-4-5-19-37(32)44-46-43(47-45(48-44)38-21-12-20-36-35-18-8-11-24-41(35)50-42(36)38)30-25-27-31(28-26-30)49-39-22-9-6-16-33(39)34-17-7-10-23-40(34)49/h1-28H/i6D,7D,9D,10D,16D,17D,22D,23D. The Morgan fingerprint density at radius 1 is 0.440 bits per heavy atom. The molecule has 0 spiro atoms. The summed E-state index contributed by atoms with van der Waals surface area (Å²) >= 11 is 1.69. The van der Waals surface area contributed by atoms with E-state index in [2.05, 4.69) is 18.2 Å². The number of benzene rings is 7. The number of aromatic nitrogens is 4. The average molecular weight is 665 g/mol. The molecule has 0 N–H and O–H groups in total. The van der Waals surface area contributed by atoms with Crippen LogP contribution in [0.5, 0.6) is 0 Å². The first-order chi connectivity index (χ1) is 28.1. The van der Waals surface area contributed by atoms with Gasteiger partial charge in [0.1, 0.15) is 0 Å².